The highest BCUT2D eigenvalue weighted by Gasteiger charge is 2.12. The molecule has 5 nitrogen and oxygen atoms in total. The van der Waals surface area contributed by atoms with Gasteiger partial charge in [0.05, 0.1) is 11.7 Å². The van der Waals surface area contributed by atoms with E-state index in [1.807, 2.05) is 22.9 Å². The van der Waals surface area contributed by atoms with Crippen LogP contribution < -0.4 is 5.73 Å². The van der Waals surface area contributed by atoms with Crippen molar-refractivity contribution in [2.24, 2.45) is 5.73 Å². The van der Waals surface area contributed by atoms with Gasteiger partial charge in [0.25, 0.3) is 0 Å². The zero-order valence-electron chi connectivity index (χ0n) is 9.95. The normalized spacial score (nSPS) is 12.6. The van der Waals surface area contributed by atoms with Crippen LogP contribution in [0.4, 0.5) is 0 Å². The highest BCUT2D eigenvalue weighted by molar-refractivity contribution is 5.10. The maximum atomic E-state index is 6.11. The fourth-order valence-electron chi connectivity index (χ4n) is 1.74. The second-order valence-corrected chi connectivity index (χ2v) is 3.96. The zero-order valence-corrected chi connectivity index (χ0v) is 9.95. The number of aromatic nitrogens is 4. The van der Waals surface area contributed by atoms with Gasteiger partial charge in [-0.15, -0.1) is 0 Å². The molecular formula is C12H17N5. The molecule has 2 aromatic heterocycles. The molecule has 1 atom stereocenters. The van der Waals surface area contributed by atoms with Crippen LogP contribution in [0.3, 0.4) is 0 Å². The van der Waals surface area contributed by atoms with Crippen LogP contribution in [0, 0.1) is 0 Å². The van der Waals surface area contributed by atoms with E-state index in [9.17, 15) is 0 Å². The third-order valence-corrected chi connectivity index (χ3v) is 2.60. The van der Waals surface area contributed by atoms with Gasteiger partial charge >= 0.3 is 0 Å². The van der Waals surface area contributed by atoms with E-state index in [-0.39, 0.29) is 6.04 Å². The molecule has 2 N–H and O–H groups in total. The molecule has 0 spiro atoms. The van der Waals surface area contributed by atoms with E-state index in [2.05, 4.69) is 22.0 Å². The molecule has 0 aliphatic heterocycles. The summed E-state index contributed by atoms with van der Waals surface area (Å²) in [6.45, 7) is 2.99. The average molecular weight is 231 g/mol. The van der Waals surface area contributed by atoms with Crippen LogP contribution in [0.25, 0.3) is 0 Å². The van der Waals surface area contributed by atoms with Gasteiger partial charge in [-0.05, 0) is 18.6 Å². The van der Waals surface area contributed by atoms with Crippen LogP contribution in [0.2, 0.25) is 0 Å². The lowest BCUT2D eigenvalue weighted by atomic mass is 10.1. The van der Waals surface area contributed by atoms with Crippen LogP contribution in [-0.2, 0) is 13.0 Å². The Kier molecular flexibility index (Phi) is 3.82. The van der Waals surface area contributed by atoms with Gasteiger partial charge in [0.15, 0.2) is 0 Å². The third-order valence-electron chi connectivity index (χ3n) is 2.60. The first-order chi connectivity index (χ1) is 8.31. The molecular weight excluding hydrogens is 214 g/mol. The molecule has 2 aromatic rings. The van der Waals surface area contributed by atoms with Gasteiger partial charge in [-0.3, -0.25) is 9.67 Å². The Hall–Kier alpha value is -1.75. The molecule has 0 aliphatic rings. The summed E-state index contributed by atoms with van der Waals surface area (Å²) in [5.41, 5.74) is 7.00. The van der Waals surface area contributed by atoms with Crippen molar-refractivity contribution < 1.29 is 0 Å². The Balaban J connectivity index is 2.08. The summed E-state index contributed by atoms with van der Waals surface area (Å²) in [6, 6.07) is 5.64. The molecule has 0 amide bonds. The average Bonchev–Trinajstić information content (AvgIpc) is 2.78. The smallest absolute Gasteiger partial charge is 0.138 e. The van der Waals surface area contributed by atoms with Crippen LogP contribution in [0.1, 0.15) is 30.9 Å². The van der Waals surface area contributed by atoms with Crippen molar-refractivity contribution in [2.75, 3.05) is 0 Å². The van der Waals surface area contributed by atoms with Gasteiger partial charge in [0.2, 0.25) is 0 Å². The first kappa shape index (κ1) is 11.7. The minimum Gasteiger partial charge on any atom is -0.322 e. The predicted molar refractivity (Wildman–Crippen MR) is 65.2 cm³/mol. The van der Waals surface area contributed by atoms with Crippen molar-refractivity contribution in [3.8, 4) is 0 Å². The van der Waals surface area contributed by atoms with Gasteiger partial charge in [0.1, 0.15) is 12.2 Å². The predicted octanol–water partition coefficient (Wildman–Crippen LogP) is 1.33. The summed E-state index contributed by atoms with van der Waals surface area (Å²) < 4.78 is 1.91. The number of hydrogen-bond donors (Lipinski definition) is 1. The molecule has 17 heavy (non-hydrogen) atoms. The number of hydrogen-bond acceptors (Lipinski definition) is 4. The lowest BCUT2D eigenvalue weighted by Crippen LogP contribution is -2.18. The summed E-state index contributed by atoms with van der Waals surface area (Å²) >= 11 is 0. The number of nitrogens with two attached hydrogens (primary N) is 1. The Morgan fingerprint density at radius 1 is 1.35 bits per heavy atom. The number of aryl methyl sites for hydroxylation is 1. The maximum Gasteiger partial charge on any atom is 0.138 e. The molecule has 5 heteroatoms. The van der Waals surface area contributed by atoms with Gasteiger partial charge in [-0.25, -0.2) is 4.98 Å². The monoisotopic (exact) mass is 231 g/mol. The molecule has 2 rings (SSSR count). The van der Waals surface area contributed by atoms with E-state index < -0.39 is 0 Å². The lowest BCUT2D eigenvalue weighted by molar-refractivity contribution is 0.545. The molecule has 0 saturated carbocycles. The number of pyridine rings is 1. The summed E-state index contributed by atoms with van der Waals surface area (Å²) in [4.78, 5) is 8.50. The molecule has 1 unspecified atom stereocenters. The second kappa shape index (κ2) is 5.54. The van der Waals surface area contributed by atoms with Crippen molar-refractivity contribution in [2.45, 2.75) is 32.4 Å². The summed E-state index contributed by atoms with van der Waals surface area (Å²) in [5.74, 6) is 0.921. The molecule has 0 bridgehead atoms. The second-order valence-electron chi connectivity index (χ2n) is 3.96. The Morgan fingerprint density at radius 2 is 2.24 bits per heavy atom. The maximum absolute atomic E-state index is 6.11. The van der Waals surface area contributed by atoms with Gasteiger partial charge in [-0.1, -0.05) is 13.0 Å². The summed E-state index contributed by atoms with van der Waals surface area (Å²) in [5, 5.41) is 4.18. The first-order valence-electron chi connectivity index (χ1n) is 5.84. The standard InChI is InChI=1S/C12H17N5/c1-2-7-17-12(15-9-16-17)8-10(13)11-5-3-4-6-14-11/h3-6,9-10H,2,7-8,13H2,1H3. The quantitative estimate of drug-likeness (QED) is 0.842. The molecule has 0 radical (unpaired) electrons. The van der Waals surface area contributed by atoms with Gasteiger partial charge < -0.3 is 5.73 Å². The molecule has 0 aromatic carbocycles. The SMILES string of the molecule is CCCn1ncnc1CC(N)c1ccccn1. The van der Waals surface area contributed by atoms with Crippen molar-refractivity contribution in [3.05, 3.63) is 42.2 Å². The fraction of sp³-hybridized carbons (Fsp3) is 0.417. The van der Waals surface area contributed by atoms with E-state index in [1.165, 1.54) is 0 Å². The van der Waals surface area contributed by atoms with Gasteiger partial charge in [0, 0.05) is 19.2 Å². The van der Waals surface area contributed by atoms with Crippen molar-refractivity contribution in [3.63, 3.8) is 0 Å². The Labute approximate surface area is 101 Å². The molecule has 2 heterocycles. The minimum absolute atomic E-state index is 0.129. The van der Waals surface area contributed by atoms with E-state index in [1.54, 1.807) is 12.5 Å². The van der Waals surface area contributed by atoms with E-state index in [4.69, 9.17) is 5.73 Å². The van der Waals surface area contributed by atoms with E-state index in [0.29, 0.717) is 6.42 Å². The summed E-state index contributed by atoms with van der Waals surface area (Å²) in [7, 11) is 0. The van der Waals surface area contributed by atoms with Crippen molar-refractivity contribution in [1.29, 1.82) is 0 Å². The van der Waals surface area contributed by atoms with Crippen molar-refractivity contribution in [1.82, 2.24) is 19.7 Å². The Morgan fingerprint density at radius 3 is 2.94 bits per heavy atom. The summed E-state index contributed by atoms with van der Waals surface area (Å²) in [6.07, 6.45) is 5.04. The van der Waals surface area contributed by atoms with Crippen LogP contribution in [-0.4, -0.2) is 19.7 Å². The molecule has 0 aliphatic carbocycles. The first-order valence-corrected chi connectivity index (χ1v) is 5.84. The zero-order chi connectivity index (χ0) is 12.1. The topological polar surface area (TPSA) is 69.6 Å². The lowest BCUT2D eigenvalue weighted by Gasteiger charge is -2.11. The van der Waals surface area contributed by atoms with E-state index >= 15 is 0 Å². The highest BCUT2D eigenvalue weighted by Crippen LogP contribution is 2.11. The molecule has 0 fully saturated rings. The largest absolute Gasteiger partial charge is 0.322 e. The number of rotatable bonds is 5. The molecule has 0 saturated heterocycles. The Bertz CT molecular complexity index is 451. The molecule has 90 valence electrons. The van der Waals surface area contributed by atoms with Crippen LogP contribution >= 0.6 is 0 Å². The minimum atomic E-state index is -0.129. The van der Waals surface area contributed by atoms with Crippen LogP contribution in [0.15, 0.2) is 30.7 Å². The van der Waals surface area contributed by atoms with Crippen molar-refractivity contribution >= 4 is 0 Å². The van der Waals surface area contributed by atoms with E-state index in [0.717, 1.165) is 24.5 Å². The van der Waals surface area contributed by atoms with Crippen LogP contribution in [0.5, 0.6) is 0 Å². The van der Waals surface area contributed by atoms with Gasteiger partial charge in [-0.2, -0.15) is 5.10 Å². The fourth-order valence-corrected chi connectivity index (χ4v) is 1.74. The highest BCUT2D eigenvalue weighted by atomic mass is 15.3. The third kappa shape index (κ3) is 2.88. The number of nitrogens with zero attached hydrogens (tertiary/aromatic N) is 4.